The summed E-state index contributed by atoms with van der Waals surface area (Å²) in [7, 11) is 0. The number of aromatic nitrogens is 3. The molecule has 0 aliphatic rings. The lowest BCUT2D eigenvalue weighted by Gasteiger charge is -2.11. The van der Waals surface area contributed by atoms with Crippen molar-refractivity contribution in [3.05, 3.63) is 164 Å². The lowest BCUT2D eigenvalue weighted by atomic mass is 10.0. The minimum atomic E-state index is 0.743. The highest BCUT2D eigenvalue weighted by molar-refractivity contribution is 7.27. The fourth-order valence-electron chi connectivity index (χ4n) is 7.79. The fraction of sp³-hybridized carbons (Fsp3) is 0. The van der Waals surface area contributed by atoms with Crippen LogP contribution in [-0.2, 0) is 0 Å². The number of fused-ring (bicyclic) bond motifs is 10. The Morgan fingerprint density at radius 1 is 0.412 bits per heavy atom. The third kappa shape index (κ3) is 4.35. The highest BCUT2D eigenvalue weighted by atomic mass is 32.1. The van der Waals surface area contributed by atoms with E-state index < -0.39 is 0 Å². The highest BCUT2D eigenvalue weighted by Crippen LogP contribution is 2.46. The Morgan fingerprint density at radius 3 is 1.96 bits per heavy atom. The average molecular weight is 686 g/mol. The maximum absolute atomic E-state index is 5.41. The first kappa shape index (κ1) is 28.7. The second kappa shape index (κ2) is 11.2. The van der Waals surface area contributed by atoms with Crippen LogP contribution >= 0.6 is 22.7 Å². The van der Waals surface area contributed by atoms with Gasteiger partial charge in [0, 0.05) is 73.5 Å². The van der Waals surface area contributed by atoms with E-state index in [4.69, 9.17) is 9.97 Å². The smallest absolute Gasteiger partial charge is 0.161 e. The normalized spacial score (nSPS) is 11.9. The first-order valence-corrected chi connectivity index (χ1v) is 18.7. The Hall–Kier alpha value is -6.14. The molecule has 0 aliphatic heterocycles. The molecule has 51 heavy (non-hydrogen) atoms. The zero-order valence-corrected chi connectivity index (χ0v) is 28.9. The topological polar surface area (TPSA) is 30.7 Å². The lowest BCUT2D eigenvalue weighted by molar-refractivity contribution is 1.18. The van der Waals surface area contributed by atoms with Gasteiger partial charge in [-0.1, -0.05) is 121 Å². The minimum absolute atomic E-state index is 0.743. The Labute approximate surface area is 301 Å². The summed E-state index contributed by atoms with van der Waals surface area (Å²) in [5.41, 5.74) is 8.69. The molecule has 4 heterocycles. The molecular weight excluding hydrogens is 659 g/mol. The summed E-state index contributed by atoms with van der Waals surface area (Å²) in [6.45, 7) is 0. The third-order valence-corrected chi connectivity index (χ3v) is 12.4. The molecule has 11 aromatic rings. The molecule has 0 unspecified atom stereocenters. The van der Waals surface area contributed by atoms with Crippen LogP contribution in [0.2, 0.25) is 0 Å². The second-order valence-corrected chi connectivity index (χ2v) is 15.0. The van der Waals surface area contributed by atoms with Gasteiger partial charge >= 0.3 is 0 Å². The van der Waals surface area contributed by atoms with Crippen LogP contribution in [-0.4, -0.2) is 14.5 Å². The number of nitrogens with zero attached hydrogens (tertiary/aromatic N) is 3. The third-order valence-electron chi connectivity index (χ3n) is 10.0. The number of hydrogen-bond donors (Lipinski definition) is 0. The predicted molar refractivity (Wildman–Crippen MR) is 218 cm³/mol. The summed E-state index contributed by atoms with van der Waals surface area (Å²) in [5, 5.41) is 7.54. The van der Waals surface area contributed by atoms with Crippen molar-refractivity contribution in [2.24, 2.45) is 0 Å². The lowest BCUT2D eigenvalue weighted by Crippen LogP contribution is -1.96. The van der Waals surface area contributed by atoms with Gasteiger partial charge in [-0.05, 0) is 42.5 Å². The maximum atomic E-state index is 5.41. The van der Waals surface area contributed by atoms with E-state index in [2.05, 4.69) is 168 Å². The average Bonchev–Trinajstić information content (AvgIpc) is 3.88. The molecule has 7 aromatic carbocycles. The molecule has 0 spiro atoms. The molecule has 0 fully saturated rings. The van der Waals surface area contributed by atoms with E-state index in [1.54, 1.807) is 0 Å². The largest absolute Gasteiger partial charge is 0.309 e. The van der Waals surface area contributed by atoms with Crippen LogP contribution in [0.3, 0.4) is 0 Å². The molecule has 0 saturated heterocycles. The Kier molecular flexibility index (Phi) is 6.29. The van der Waals surface area contributed by atoms with E-state index in [0.29, 0.717) is 0 Å². The van der Waals surface area contributed by atoms with E-state index in [1.165, 1.54) is 67.8 Å². The monoisotopic (exact) mass is 685 g/mol. The summed E-state index contributed by atoms with van der Waals surface area (Å²) < 4.78 is 7.45. The summed E-state index contributed by atoms with van der Waals surface area (Å²) >= 11 is 3.70. The number of benzene rings is 7. The van der Waals surface area contributed by atoms with Gasteiger partial charge in [0.2, 0.25) is 0 Å². The molecule has 0 radical (unpaired) electrons. The number of hydrogen-bond acceptors (Lipinski definition) is 4. The first-order chi connectivity index (χ1) is 25.3. The zero-order chi connectivity index (χ0) is 33.5. The van der Waals surface area contributed by atoms with E-state index in [0.717, 1.165) is 33.9 Å². The van der Waals surface area contributed by atoms with Gasteiger partial charge in [-0.15, -0.1) is 22.7 Å². The molecule has 11 rings (SSSR count). The molecule has 0 N–H and O–H groups in total. The number of thiophene rings is 2. The Balaban J connectivity index is 1.20. The molecule has 4 aromatic heterocycles. The minimum Gasteiger partial charge on any atom is -0.309 e. The molecule has 3 nitrogen and oxygen atoms in total. The van der Waals surface area contributed by atoms with Crippen LogP contribution in [0.5, 0.6) is 0 Å². The second-order valence-electron chi connectivity index (χ2n) is 12.9. The van der Waals surface area contributed by atoms with Crippen molar-refractivity contribution in [1.29, 1.82) is 0 Å². The van der Waals surface area contributed by atoms with Gasteiger partial charge < -0.3 is 4.57 Å². The van der Waals surface area contributed by atoms with Gasteiger partial charge in [-0.2, -0.15) is 0 Å². The molecule has 0 atom stereocenters. The molecular formula is C46H27N3S2. The van der Waals surface area contributed by atoms with Crippen molar-refractivity contribution in [2.45, 2.75) is 0 Å². The van der Waals surface area contributed by atoms with Crippen LogP contribution < -0.4 is 0 Å². The zero-order valence-electron chi connectivity index (χ0n) is 27.2. The van der Waals surface area contributed by atoms with E-state index >= 15 is 0 Å². The standard InChI is InChI=1S/C46H27N3S2/c1-3-13-28(14-4-1)36-27-37(48-46(47-36)35-21-12-24-41-42(35)34-18-8-10-23-40(34)50-41)32-20-11-19-30-31-25-26-39-43(45(31)51-44(30)32)33-17-7-9-22-38(33)49(39)29-15-5-2-6-16-29/h1-27H. The van der Waals surface area contributed by atoms with Crippen molar-refractivity contribution in [2.75, 3.05) is 0 Å². The van der Waals surface area contributed by atoms with E-state index in [9.17, 15) is 0 Å². The number of rotatable bonds is 4. The van der Waals surface area contributed by atoms with Crippen LogP contribution in [0.25, 0.3) is 102 Å². The van der Waals surface area contributed by atoms with Gasteiger partial charge in [0.05, 0.1) is 22.4 Å². The van der Waals surface area contributed by atoms with Gasteiger partial charge in [-0.3, -0.25) is 0 Å². The first-order valence-electron chi connectivity index (χ1n) is 17.1. The Morgan fingerprint density at radius 2 is 1.08 bits per heavy atom. The van der Waals surface area contributed by atoms with Gasteiger partial charge in [0.1, 0.15) is 0 Å². The summed E-state index contributed by atoms with van der Waals surface area (Å²) in [6.07, 6.45) is 0. The van der Waals surface area contributed by atoms with Crippen LogP contribution in [0.1, 0.15) is 0 Å². The van der Waals surface area contributed by atoms with E-state index in [-0.39, 0.29) is 0 Å². The SMILES string of the molecule is c1ccc(-c2cc(-c3cccc4c3sc3c4ccc4c3c3ccccc3n4-c3ccccc3)nc(-c3cccc4sc5ccccc5c34)n2)cc1. The molecule has 0 bridgehead atoms. The van der Waals surface area contributed by atoms with Crippen molar-refractivity contribution >= 4 is 84.8 Å². The molecule has 0 amide bonds. The Bertz CT molecular complexity index is 3130. The highest BCUT2D eigenvalue weighted by Gasteiger charge is 2.21. The van der Waals surface area contributed by atoms with E-state index in [1.807, 2.05) is 22.7 Å². The van der Waals surface area contributed by atoms with Crippen molar-refractivity contribution in [3.8, 4) is 39.6 Å². The molecule has 5 heteroatoms. The summed E-state index contributed by atoms with van der Waals surface area (Å²) in [4.78, 5) is 10.7. The van der Waals surface area contributed by atoms with Gasteiger partial charge in [0.25, 0.3) is 0 Å². The van der Waals surface area contributed by atoms with Crippen LogP contribution in [0.15, 0.2) is 164 Å². The molecule has 0 aliphatic carbocycles. The van der Waals surface area contributed by atoms with Crippen LogP contribution in [0, 0.1) is 0 Å². The maximum Gasteiger partial charge on any atom is 0.161 e. The number of para-hydroxylation sites is 2. The van der Waals surface area contributed by atoms with Gasteiger partial charge in [0.15, 0.2) is 5.82 Å². The van der Waals surface area contributed by atoms with Crippen molar-refractivity contribution in [3.63, 3.8) is 0 Å². The summed E-state index contributed by atoms with van der Waals surface area (Å²) in [5.74, 6) is 0.743. The summed E-state index contributed by atoms with van der Waals surface area (Å²) in [6, 6.07) is 58.5. The van der Waals surface area contributed by atoms with Crippen LogP contribution in [0.4, 0.5) is 0 Å². The van der Waals surface area contributed by atoms with Gasteiger partial charge in [-0.25, -0.2) is 9.97 Å². The fourth-order valence-corrected chi connectivity index (χ4v) is 10.3. The quantitative estimate of drug-likeness (QED) is 0.185. The van der Waals surface area contributed by atoms with Crippen molar-refractivity contribution in [1.82, 2.24) is 14.5 Å². The predicted octanol–water partition coefficient (Wildman–Crippen LogP) is 13.3. The molecule has 0 saturated carbocycles. The molecule has 238 valence electrons. The van der Waals surface area contributed by atoms with Crippen molar-refractivity contribution < 1.29 is 0 Å².